The van der Waals surface area contributed by atoms with Gasteiger partial charge in [0, 0.05) is 37.2 Å². The second kappa shape index (κ2) is 8.02. The molecule has 0 spiro atoms. The predicted molar refractivity (Wildman–Crippen MR) is 124 cm³/mol. The third-order valence-corrected chi connectivity index (χ3v) is 5.61. The second-order valence-electron chi connectivity index (χ2n) is 8.42. The summed E-state index contributed by atoms with van der Waals surface area (Å²) in [6.07, 6.45) is 3.53. The molecule has 1 amide bonds. The Bertz CT molecular complexity index is 1100. The Balaban J connectivity index is 1.67. The quantitative estimate of drug-likeness (QED) is 0.666. The number of anilines is 4. The third kappa shape index (κ3) is 3.73. The van der Waals surface area contributed by atoms with E-state index in [0.29, 0.717) is 5.95 Å². The van der Waals surface area contributed by atoms with Gasteiger partial charge in [-0.15, -0.1) is 0 Å². The van der Waals surface area contributed by atoms with Gasteiger partial charge in [-0.25, -0.2) is 9.97 Å². The molecular formula is C23H29N7O. The van der Waals surface area contributed by atoms with Crippen LogP contribution in [0.15, 0.2) is 42.7 Å². The maximum Gasteiger partial charge on any atom is 0.249 e. The number of hydrogen-bond donors (Lipinski definition) is 1. The van der Waals surface area contributed by atoms with E-state index in [1.807, 2.05) is 42.9 Å². The first-order valence-corrected chi connectivity index (χ1v) is 10.6. The van der Waals surface area contributed by atoms with Gasteiger partial charge in [0.25, 0.3) is 0 Å². The maximum absolute atomic E-state index is 12.6. The fourth-order valence-electron chi connectivity index (χ4n) is 4.16. The van der Waals surface area contributed by atoms with Gasteiger partial charge in [0.2, 0.25) is 11.9 Å². The molecule has 0 fully saturated rings. The normalized spacial score (nSPS) is 16.3. The number of nitrogens with zero attached hydrogens (tertiary/aromatic N) is 6. The summed E-state index contributed by atoms with van der Waals surface area (Å²) in [6, 6.07) is 10.0. The minimum Gasteiger partial charge on any atom is -0.356 e. The number of rotatable bonds is 5. The molecule has 3 heterocycles. The summed E-state index contributed by atoms with van der Waals surface area (Å²) in [7, 11) is 1.83. The number of nitrogens with one attached hydrogen (secondary N) is 1. The number of amides is 1. The van der Waals surface area contributed by atoms with Crippen molar-refractivity contribution >= 4 is 28.9 Å². The van der Waals surface area contributed by atoms with Gasteiger partial charge in [0.05, 0.1) is 22.8 Å². The number of benzene rings is 1. The smallest absolute Gasteiger partial charge is 0.249 e. The highest BCUT2D eigenvalue weighted by Crippen LogP contribution is 2.39. The van der Waals surface area contributed by atoms with E-state index in [1.165, 1.54) is 0 Å². The summed E-state index contributed by atoms with van der Waals surface area (Å²) in [5.41, 5.74) is 4.55. The molecule has 1 N–H and O–H groups in total. The molecule has 1 aliphatic rings. The van der Waals surface area contributed by atoms with E-state index in [-0.39, 0.29) is 24.0 Å². The van der Waals surface area contributed by atoms with E-state index >= 15 is 0 Å². The van der Waals surface area contributed by atoms with Gasteiger partial charge >= 0.3 is 0 Å². The minimum absolute atomic E-state index is 0.0970. The van der Waals surface area contributed by atoms with Gasteiger partial charge in [-0.1, -0.05) is 0 Å². The molecule has 0 bridgehead atoms. The van der Waals surface area contributed by atoms with Crippen LogP contribution in [-0.4, -0.2) is 44.8 Å². The molecule has 0 saturated heterocycles. The van der Waals surface area contributed by atoms with Gasteiger partial charge in [0.1, 0.15) is 6.04 Å². The Labute approximate surface area is 182 Å². The summed E-state index contributed by atoms with van der Waals surface area (Å²) >= 11 is 0. The third-order valence-electron chi connectivity index (χ3n) is 5.61. The Morgan fingerprint density at radius 2 is 1.77 bits per heavy atom. The molecular weight excluding hydrogens is 390 g/mol. The van der Waals surface area contributed by atoms with Gasteiger partial charge in [-0.05, 0) is 65.0 Å². The first kappa shape index (κ1) is 20.8. The monoisotopic (exact) mass is 419 g/mol. The zero-order valence-electron chi connectivity index (χ0n) is 18.9. The van der Waals surface area contributed by atoms with E-state index in [9.17, 15) is 4.79 Å². The summed E-state index contributed by atoms with van der Waals surface area (Å²) in [6.45, 7) is 10.3. The van der Waals surface area contributed by atoms with Crippen LogP contribution in [0.1, 0.15) is 40.7 Å². The summed E-state index contributed by atoms with van der Waals surface area (Å²) in [5.74, 6) is 0.609. The number of hydrogen-bond acceptors (Lipinski definition) is 6. The van der Waals surface area contributed by atoms with E-state index < -0.39 is 0 Å². The molecule has 3 aromatic rings. The zero-order valence-corrected chi connectivity index (χ0v) is 18.9. The lowest BCUT2D eigenvalue weighted by Crippen LogP contribution is -2.53. The summed E-state index contributed by atoms with van der Waals surface area (Å²) < 4.78 is 1.94. The standard InChI is InChI=1S/C23H29N7O/c1-14(2)29-16(5)22(31)28(6)20-8-7-17(13-21(20)29)26-23-24-11-9-18(27-23)19-10-12-25-30(19)15(3)4/h7-16H,1-6H3,(H,24,26,27). The number of fused-ring (bicyclic) bond motifs is 1. The van der Waals surface area contributed by atoms with Crippen LogP contribution in [-0.2, 0) is 4.79 Å². The van der Waals surface area contributed by atoms with E-state index in [0.717, 1.165) is 28.5 Å². The van der Waals surface area contributed by atoms with Crippen LogP contribution in [0.25, 0.3) is 11.4 Å². The average molecular weight is 420 g/mol. The van der Waals surface area contributed by atoms with Gasteiger partial charge in [-0.2, -0.15) is 5.10 Å². The first-order valence-electron chi connectivity index (χ1n) is 10.6. The van der Waals surface area contributed by atoms with Crippen molar-refractivity contribution in [3.05, 3.63) is 42.7 Å². The SMILES string of the molecule is CC(C)N1c2cc(Nc3nccc(-c4ccnn4C(C)C)n3)ccc2N(C)C(=O)C1C. The fraction of sp³-hybridized carbons (Fsp3) is 0.391. The Morgan fingerprint density at radius 1 is 1.00 bits per heavy atom. The van der Waals surface area contributed by atoms with Crippen molar-refractivity contribution < 1.29 is 4.79 Å². The molecule has 4 rings (SSSR count). The lowest BCUT2D eigenvalue weighted by atomic mass is 10.0. The topological polar surface area (TPSA) is 79.2 Å². The molecule has 0 aliphatic carbocycles. The van der Waals surface area contributed by atoms with Crippen molar-refractivity contribution in [3.8, 4) is 11.4 Å². The molecule has 1 unspecified atom stereocenters. The van der Waals surface area contributed by atoms with Crippen LogP contribution >= 0.6 is 0 Å². The predicted octanol–water partition coefficient (Wildman–Crippen LogP) is 4.24. The molecule has 2 aromatic heterocycles. The van der Waals surface area contributed by atoms with Crippen molar-refractivity contribution in [1.29, 1.82) is 0 Å². The molecule has 31 heavy (non-hydrogen) atoms. The number of likely N-dealkylation sites (N-methyl/N-ethyl adjacent to an activating group) is 1. The van der Waals surface area contributed by atoms with E-state index in [4.69, 9.17) is 4.98 Å². The summed E-state index contributed by atoms with van der Waals surface area (Å²) in [5, 5.41) is 7.72. The van der Waals surface area contributed by atoms with Crippen LogP contribution in [0.4, 0.5) is 23.0 Å². The Hall–Kier alpha value is -3.42. The number of aromatic nitrogens is 4. The van der Waals surface area contributed by atoms with Crippen molar-refractivity contribution in [3.63, 3.8) is 0 Å². The van der Waals surface area contributed by atoms with Crippen molar-refractivity contribution in [2.24, 2.45) is 0 Å². The Morgan fingerprint density at radius 3 is 2.48 bits per heavy atom. The maximum atomic E-state index is 12.6. The molecule has 1 aliphatic heterocycles. The van der Waals surface area contributed by atoms with Gasteiger partial charge in [0.15, 0.2) is 0 Å². The van der Waals surface area contributed by atoms with Crippen LogP contribution in [0.3, 0.4) is 0 Å². The lowest BCUT2D eigenvalue weighted by Gasteiger charge is -2.42. The second-order valence-corrected chi connectivity index (χ2v) is 8.42. The van der Waals surface area contributed by atoms with Gasteiger partial charge < -0.3 is 15.1 Å². The molecule has 1 aromatic carbocycles. The fourth-order valence-corrected chi connectivity index (χ4v) is 4.16. The van der Waals surface area contributed by atoms with E-state index in [1.54, 1.807) is 17.3 Å². The average Bonchev–Trinajstić information content (AvgIpc) is 3.22. The minimum atomic E-state index is -0.219. The first-order chi connectivity index (χ1) is 14.8. The molecule has 162 valence electrons. The molecule has 0 saturated carbocycles. The van der Waals surface area contributed by atoms with E-state index in [2.05, 4.69) is 54.1 Å². The van der Waals surface area contributed by atoms with Crippen molar-refractivity contribution in [2.75, 3.05) is 22.2 Å². The zero-order chi connectivity index (χ0) is 22.3. The highest BCUT2D eigenvalue weighted by molar-refractivity contribution is 6.05. The van der Waals surface area contributed by atoms with Crippen molar-refractivity contribution in [1.82, 2.24) is 19.7 Å². The lowest BCUT2D eigenvalue weighted by molar-refractivity contribution is -0.119. The largest absolute Gasteiger partial charge is 0.356 e. The molecule has 0 radical (unpaired) electrons. The van der Waals surface area contributed by atoms with Crippen LogP contribution < -0.4 is 15.1 Å². The molecule has 8 heteroatoms. The number of carbonyl (C=O) groups is 1. The van der Waals surface area contributed by atoms with Crippen LogP contribution in [0.5, 0.6) is 0 Å². The molecule has 1 atom stereocenters. The van der Waals surface area contributed by atoms with Crippen LogP contribution in [0.2, 0.25) is 0 Å². The van der Waals surface area contributed by atoms with Crippen LogP contribution in [0, 0.1) is 0 Å². The highest BCUT2D eigenvalue weighted by atomic mass is 16.2. The molecule has 8 nitrogen and oxygen atoms in total. The highest BCUT2D eigenvalue weighted by Gasteiger charge is 2.34. The van der Waals surface area contributed by atoms with Crippen molar-refractivity contribution in [2.45, 2.75) is 52.7 Å². The summed E-state index contributed by atoms with van der Waals surface area (Å²) in [4.78, 5) is 25.6. The van der Waals surface area contributed by atoms with Gasteiger partial charge in [-0.3, -0.25) is 9.48 Å². The Kier molecular flexibility index (Phi) is 5.39. The number of carbonyl (C=O) groups excluding carboxylic acids is 1.